The first-order valence-electron chi connectivity index (χ1n) is 5.10. The summed E-state index contributed by atoms with van der Waals surface area (Å²) in [6.45, 7) is 6.02. The number of rotatable bonds is 1. The number of benzene rings is 1. The lowest BCUT2D eigenvalue weighted by Gasteiger charge is -2.10. The van der Waals surface area contributed by atoms with Crippen LogP contribution >= 0.6 is 0 Å². The Kier molecular flexibility index (Phi) is 2.42. The summed E-state index contributed by atoms with van der Waals surface area (Å²) in [7, 11) is 0. The van der Waals surface area contributed by atoms with E-state index in [0.29, 0.717) is 11.7 Å². The van der Waals surface area contributed by atoms with Gasteiger partial charge in [0.05, 0.1) is 0 Å². The van der Waals surface area contributed by atoms with Crippen molar-refractivity contribution in [3.8, 4) is 17.1 Å². The number of aromatic nitrogens is 2. The molecule has 1 heterocycles. The number of phenolic OH excluding ortho intramolecular Hbond substituents is 1. The van der Waals surface area contributed by atoms with Gasteiger partial charge >= 0.3 is 0 Å². The predicted molar refractivity (Wildman–Crippen MR) is 60.1 cm³/mol. The third kappa shape index (κ3) is 2.05. The van der Waals surface area contributed by atoms with E-state index in [1.54, 1.807) is 18.2 Å². The van der Waals surface area contributed by atoms with Gasteiger partial charge in [-0.15, -0.1) is 0 Å². The van der Waals surface area contributed by atoms with Crippen molar-refractivity contribution in [2.45, 2.75) is 26.2 Å². The minimum Gasteiger partial charge on any atom is -0.508 e. The Morgan fingerprint density at radius 2 is 2.00 bits per heavy atom. The maximum Gasteiger partial charge on any atom is 0.232 e. The van der Waals surface area contributed by atoms with E-state index in [1.807, 2.05) is 26.8 Å². The Hall–Kier alpha value is -1.84. The van der Waals surface area contributed by atoms with E-state index in [2.05, 4.69) is 10.1 Å². The van der Waals surface area contributed by atoms with Crippen LogP contribution in [0.15, 0.2) is 28.8 Å². The molecular formula is C12H14N2O2. The van der Waals surface area contributed by atoms with E-state index in [9.17, 15) is 5.11 Å². The van der Waals surface area contributed by atoms with Crippen molar-refractivity contribution in [1.29, 1.82) is 0 Å². The Bertz CT molecular complexity index is 498. The summed E-state index contributed by atoms with van der Waals surface area (Å²) in [6.07, 6.45) is 0. The Morgan fingerprint density at radius 3 is 2.56 bits per heavy atom. The van der Waals surface area contributed by atoms with Crippen LogP contribution < -0.4 is 0 Å². The highest BCUT2D eigenvalue weighted by Gasteiger charge is 2.22. The molecular weight excluding hydrogens is 204 g/mol. The summed E-state index contributed by atoms with van der Waals surface area (Å²) in [5.41, 5.74) is 0.585. The van der Waals surface area contributed by atoms with Gasteiger partial charge in [0.25, 0.3) is 0 Å². The molecule has 0 aliphatic carbocycles. The van der Waals surface area contributed by atoms with Crippen LogP contribution in [0.1, 0.15) is 26.7 Å². The second kappa shape index (κ2) is 3.63. The normalized spacial score (nSPS) is 11.7. The molecule has 16 heavy (non-hydrogen) atoms. The highest BCUT2D eigenvalue weighted by atomic mass is 16.5. The summed E-state index contributed by atoms with van der Waals surface area (Å²) in [6, 6.07) is 6.79. The zero-order chi connectivity index (χ0) is 11.8. The SMILES string of the molecule is CC(C)(C)c1nc(-c2cccc(O)c2)no1. The topological polar surface area (TPSA) is 59.2 Å². The minimum absolute atomic E-state index is 0.165. The highest BCUT2D eigenvalue weighted by Crippen LogP contribution is 2.25. The van der Waals surface area contributed by atoms with Crippen LogP contribution in [0.3, 0.4) is 0 Å². The van der Waals surface area contributed by atoms with Crippen molar-refractivity contribution in [2.75, 3.05) is 0 Å². The monoisotopic (exact) mass is 218 g/mol. The molecule has 0 atom stereocenters. The molecule has 0 saturated heterocycles. The van der Waals surface area contributed by atoms with Crippen LogP contribution in [-0.2, 0) is 5.41 Å². The first-order chi connectivity index (χ1) is 7.47. The van der Waals surface area contributed by atoms with Gasteiger partial charge in [-0.05, 0) is 12.1 Å². The number of aromatic hydroxyl groups is 1. The first kappa shape index (κ1) is 10.7. The zero-order valence-corrected chi connectivity index (χ0v) is 9.56. The summed E-state index contributed by atoms with van der Waals surface area (Å²) < 4.78 is 5.18. The number of hydrogen-bond donors (Lipinski definition) is 1. The van der Waals surface area contributed by atoms with Gasteiger partial charge in [0.2, 0.25) is 11.7 Å². The summed E-state index contributed by atoms with van der Waals surface area (Å²) in [4.78, 5) is 4.30. The molecule has 4 heteroatoms. The standard InChI is InChI=1S/C12H14N2O2/c1-12(2,3)11-13-10(14-16-11)8-5-4-6-9(15)7-8/h4-7,15H,1-3H3. The molecule has 0 fully saturated rings. The van der Waals surface area contributed by atoms with Gasteiger partial charge in [-0.1, -0.05) is 38.1 Å². The van der Waals surface area contributed by atoms with Crippen molar-refractivity contribution in [2.24, 2.45) is 0 Å². The molecule has 2 aromatic rings. The molecule has 1 aromatic carbocycles. The molecule has 0 radical (unpaired) electrons. The van der Waals surface area contributed by atoms with Crippen LogP contribution in [0.25, 0.3) is 11.4 Å². The van der Waals surface area contributed by atoms with Crippen LogP contribution in [0.5, 0.6) is 5.75 Å². The Labute approximate surface area is 93.9 Å². The van der Waals surface area contributed by atoms with E-state index in [0.717, 1.165) is 5.56 Å². The number of nitrogens with zero attached hydrogens (tertiary/aromatic N) is 2. The fourth-order valence-corrected chi connectivity index (χ4v) is 1.29. The lowest BCUT2D eigenvalue weighted by molar-refractivity contribution is 0.321. The largest absolute Gasteiger partial charge is 0.508 e. The molecule has 4 nitrogen and oxygen atoms in total. The van der Waals surface area contributed by atoms with E-state index in [1.165, 1.54) is 0 Å². The third-order valence-electron chi connectivity index (χ3n) is 2.17. The van der Waals surface area contributed by atoms with Crippen LogP contribution in [0, 0.1) is 0 Å². The molecule has 0 unspecified atom stereocenters. The molecule has 0 saturated carbocycles. The molecule has 0 aliphatic rings. The lowest BCUT2D eigenvalue weighted by atomic mass is 9.97. The molecule has 84 valence electrons. The quantitative estimate of drug-likeness (QED) is 0.799. The molecule has 1 N–H and O–H groups in total. The van der Waals surface area contributed by atoms with E-state index < -0.39 is 0 Å². The van der Waals surface area contributed by atoms with Gasteiger partial charge in [0.1, 0.15) is 5.75 Å². The van der Waals surface area contributed by atoms with E-state index in [-0.39, 0.29) is 11.2 Å². The molecule has 2 rings (SSSR count). The van der Waals surface area contributed by atoms with Crippen molar-refractivity contribution < 1.29 is 9.63 Å². The average Bonchev–Trinajstić information content (AvgIpc) is 2.65. The van der Waals surface area contributed by atoms with Crippen molar-refractivity contribution in [3.63, 3.8) is 0 Å². The molecule has 0 amide bonds. The number of hydrogen-bond acceptors (Lipinski definition) is 4. The van der Waals surface area contributed by atoms with E-state index in [4.69, 9.17) is 4.52 Å². The van der Waals surface area contributed by atoms with Gasteiger partial charge in [-0.2, -0.15) is 4.98 Å². The zero-order valence-electron chi connectivity index (χ0n) is 9.56. The van der Waals surface area contributed by atoms with Gasteiger partial charge in [-0.3, -0.25) is 0 Å². The smallest absolute Gasteiger partial charge is 0.232 e. The van der Waals surface area contributed by atoms with Gasteiger partial charge in [-0.25, -0.2) is 0 Å². The van der Waals surface area contributed by atoms with Crippen LogP contribution in [0.2, 0.25) is 0 Å². The summed E-state index contributed by atoms with van der Waals surface area (Å²) >= 11 is 0. The third-order valence-corrected chi connectivity index (χ3v) is 2.17. The highest BCUT2D eigenvalue weighted by molar-refractivity contribution is 5.56. The van der Waals surface area contributed by atoms with E-state index >= 15 is 0 Å². The second-order valence-corrected chi connectivity index (χ2v) is 4.72. The molecule has 0 aliphatic heterocycles. The van der Waals surface area contributed by atoms with Crippen molar-refractivity contribution in [1.82, 2.24) is 10.1 Å². The van der Waals surface area contributed by atoms with Crippen molar-refractivity contribution in [3.05, 3.63) is 30.2 Å². The minimum atomic E-state index is -0.165. The maximum atomic E-state index is 9.35. The Morgan fingerprint density at radius 1 is 1.25 bits per heavy atom. The fourth-order valence-electron chi connectivity index (χ4n) is 1.29. The number of phenols is 1. The van der Waals surface area contributed by atoms with Crippen LogP contribution in [-0.4, -0.2) is 15.2 Å². The first-order valence-corrected chi connectivity index (χ1v) is 5.10. The van der Waals surface area contributed by atoms with Gasteiger partial charge in [0, 0.05) is 11.0 Å². The van der Waals surface area contributed by atoms with Crippen molar-refractivity contribution >= 4 is 0 Å². The molecule has 0 bridgehead atoms. The predicted octanol–water partition coefficient (Wildman–Crippen LogP) is 2.74. The molecule has 1 aromatic heterocycles. The summed E-state index contributed by atoms with van der Waals surface area (Å²) in [5, 5.41) is 13.3. The summed E-state index contributed by atoms with van der Waals surface area (Å²) in [5.74, 6) is 1.28. The maximum absolute atomic E-state index is 9.35. The second-order valence-electron chi connectivity index (χ2n) is 4.72. The fraction of sp³-hybridized carbons (Fsp3) is 0.333. The van der Waals surface area contributed by atoms with Crippen LogP contribution in [0.4, 0.5) is 0 Å². The average molecular weight is 218 g/mol. The molecule has 0 spiro atoms. The Balaban J connectivity index is 2.39. The van der Waals surface area contributed by atoms with Gasteiger partial charge < -0.3 is 9.63 Å². The lowest BCUT2D eigenvalue weighted by Crippen LogP contribution is -2.11. The van der Waals surface area contributed by atoms with Gasteiger partial charge in [0.15, 0.2) is 0 Å².